The second kappa shape index (κ2) is 5.27. The zero-order valence-corrected chi connectivity index (χ0v) is 10.9. The number of nitrogens with zero attached hydrogens (tertiary/aromatic N) is 2. The number of aromatic nitrogens is 2. The van der Waals surface area contributed by atoms with Gasteiger partial charge in [-0.25, -0.2) is 0 Å². The van der Waals surface area contributed by atoms with Crippen LogP contribution >= 0.6 is 11.8 Å². The number of phenols is 1. The molecule has 90 valence electrons. The molecule has 0 aliphatic carbocycles. The number of phenolic OH excluding ortho intramolecular Hbond substituents is 1. The number of thioether (sulfide) groups is 1. The number of para-hydroxylation sites is 1. The third kappa shape index (κ3) is 2.82. The van der Waals surface area contributed by atoms with Crippen LogP contribution in [0.25, 0.3) is 0 Å². The Morgan fingerprint density at radius 1 is 1.35 bits per heavy atom. The largest absolute Gasteiger partial charge is 0.507 e. The lowest BCUT2D eigenvalue weighted by molar-refractivity contribution is 0.462. The van der Waals surface area contributed by atoms with Gasteiger partial charge in [-0.1, -0.05) is 12.1 Å². The maximum absolute atomic E-state index is 9.68. The maximum Gasteiger partial charge on any atom is 0.129 e. The Morgan fingerprint density at radius 2 is 2.12 bits per heavy atom. The Morgan fingerprint density at radius 3 is 2.82 bits per heavy atom. The molecule has 1 heterocycles. The van der Waals surface area contributed by atoms with Crippen molar-refractivity contribution in [1.29, 1.82) is 0 Å². The molecule has 0 atom stereocenters. The van der Waals surface area contributed by atoms with Gasteiger partial charge in [-0.15, -0.1) is 11.8 Å². The van der Waals surface area contributed by atoms with Crippen molar-refractivity contribution in [2.24, 2.45) is 0 Å². The molecule has 1 N–H and O–H groups in total. The van der Waals surface area contributed by atoms with Gasteiger partial charge in [-0.2, -0.15) is 5.10 Å². The summed E-state index contributed by atoms with van der Waals surface area (Å²) in [4.78, 5) is 0.911. The number of rotatable bonds is 4. The van der Waals surface area contributed by atoms with Crippen molar-refractivity contribution in [3.63, 3.8) is 0 Å². The van der Waals surface area contributed by atoms with Crippen molar-refractivity contribution in [2.75, 3.05) is 0 Å². The zero-order valence-electron chi connectivity index (χ0n) is 10.1. The Bertz CT molecular complexity index is 508. The minimum Gasteiger partial charge on any atom is -0.507 e. The Balaban J connectivity index is 2.09. The summed E-state index contributed by atoms with van der Waals surface area (Å²) in [5, 5.41) is 14.1. The molecule has 4 heteroatoms. The van der Waals surface area contributed by atoms with Crippen LogP contribution in [0.3, 0.4) is 0 Å². The van der Waals surface area contributed by atoms with Crippen molar-refractivity contribution in [2.45, 2.75) is 31.0 Å². The highest BCUT2D eigenvalue weighted by molar-refractivity contribution is 7.98. The number of hydrogen-bond donors (Lipinski definition) is 1. The van der Waals surface area contributed by atoms with Crippen molar-refractivity contribution < 1.29 is 5.11 Å². The summed E-state index contributed by atoms with van der Waals surface area (Å²) >= 11 is 1.63. The summed E-state index contributed by atoms with van der Waals surface area (Å²) in [5.74, 6) is 1.17. The Labute approximate surface area is 105 Å². The van der Waals surface area contributed by atoms with Crippen LogP contribution in [0.1, 0.15) is 18.3 Å². The van der Waals surface area contributed by atoms with Crippen molar-refractivity contribution in [1.82, 2.24) is 9.78 Å². The molecule has 0 amide bonds. The highest BCUT2D eigenvalue weighted by Gasteiger charge is 2.06. The summed E-state index contributed by atoms with van der Waals surface area (Å²) in [5.41, 5.74) is 2.23. The molecule has 2 rings (SSSR count). The number of aromatic hydroxyl groups is 1. The topological polar surface area (TPSA) is 38.0 Å². The van der Waals surface area contributed by atoms with Gasteiger partial charge in [0.25, 0.3) is 0 Å². The Kier molecular flexibility index (Phi) is 3.74. The molecule has 0 aliphatic rings. The molecule has 17 heavy (non-hydrogen) atoms. The van der Waals surface area contributed by atoms with Crippen LogP contribution < -0.4 is 0 Å². The molecule has 1 aromatic heterocycles. The summed E-state index contributed by atoms with van der Waals surface area (Å²) in [6, 6.07) is 9.50. The molecule has 3 nitrogen and oxygen atoms in total. The van der Waals surface area contributed by atoms with Gasteiger partial charge in [0.2, 0.25) is 0 Å². The van der Waals surface area contributed by atoms with Crippen LogP contribution in [-0.2, 0) is 12.3 Å². The van der Waals surface area contributed by atoms with E-state index in [1.165, 1.54) is 5.69 Å². The SMILES string of the molecule is CCn1nc(C)cc1CSc1ccccc1O. The third-order valence-electron chi connectivity index (χ3n) is 2.53. The van der Waals surface area contributed by atoms with E-state index in [2.05, 4.69) is 18.1 Å². The fourth-order valence-electron chi connectivity index (χ4n) is 1.72. The molecule has 0 unspecified atom stereocenters. The normalized spacial score (nSPS) is 10.7. The lowest BCUT2D eigenvalue weighted by atomic mass is 10.3. The summed E-state index contributed by atoms with van der Waals surface area (Å²) in [6.07, 6.45) is 0. The molecular weight excluding hydrogens is 232 g/mol. The quantitative estimate of drug-likeness (QED) is 0.844. The van der Waals surface area contributed by atoms with E-state index in [1.54, 1.807) is 17.8 Å². The van der Waals surface area contributed by atoms with E-state index >= 15 is 0 Å². The van der Waals surface area contributed by atoms with Crippen LogP contribution in [0.5, 0.6) is 5.75 Å². The van der Waals surface area contributed by atoms with Crippen LogP contribution in [0.2, 0.25) is 0 Å². The minimum absolute atomic E-state index is 0.344. The molecule has 0 bridgehead atoms. The van der Waals surface area contributed by atoms with Gasteiger partial charge in [-0.3, -0.25) is 4.68 Å². The van der Waals surface area contributed by atoms with E-state index in [9.17, 15) is 5.11 Å². The second-order valence-electron chi connectivity index (χ2n) is 3.85. The smallest absolute Gasteiger partial charge is 0.129 e. The van der Waals surface area contributed by atoms with E-state index in [0.717, 1.165) is 22.9 Å². The van der Waals surface area contributed by atoms with Crippen LogP contribution in [0.15, 0.2) is 35.2 Å². The lowest BCUT2D eigenvalue weighted by Crippen LogP contribution is -2.01. The molecule has 0 fully saturated rings. The average molecular weight is 248 g/mol. The third-order valence-corrected chi connectivity index (χ3v) is 3.62. The first-order valence-corrected chi connectivity index (χ1v) is 6.63. The monoisotopic (exact) mass is 248 g/mol. The van der Waals surface area contributed by atoms with Gasteiger partial charge in [0.05, 0.1) is 5.69 Å². The van der Waals surface area contributed by atoms with Crippen LogP contribution in [0, 0.1) is 6.92 Å². The maximum atomic E-state index is 9.68. The summed E-state index contributed by atoms with van der Waals surface area (Å²) in [7, 11) is 0. The van der Waals surface area contributed by atoms with E-state index in [-0.39, 0.29) is 0 Å². The van der Waals surface area contributed by atoms with Gasteiger partial charge in [0.15, 0.2) is 0 Å². The van der Waals surface area contributed by atoms with E-state index in [4.69, 9.17) is 0 Å². The Hall–Kier alpha value is -1.42. The summed E-state index contributed by atoms with van der Waals surface area (Å²) in [6.45, 7) is 4.96. The average Bonchev–Trinajstić information content (AvgIpc) is 2.69. The fraction of sp³-hybridized carbons (Fsp3) is 0.308. The molecule has 0 saturated carbocycles. The van der Waals surface area contributed by atoms with Gasteiger partial charge >= 0.3 is 0 Å². The molecule has 0 aliphatic heterocycles. The van der Waals surface area contributed by atoms with Crippen molar-refractivity contribution in [3.05, 3.63) is 41.7 Å². The number of benzene rings is 1. The van der Waals surface area contributed by atoms with E-state index in [1.807, 2.05) is 29.8 Å². The molecule has 2 aromatic rings. The van der Waals surface area contributed by atoms with E-state index in [0.29, 0.717) is 5.75 Å². The first kappa shape index (κ1) is 12.0. The molecular formula is C13H16N2OS. The van der Waals surface area contributed by atoms with Crippen LogP contribution in [-0.4, -0.2) is 14.9 Å². The predicted octanol–water partition coefficient (Wildman–Crippen LogP) is 3.21. The first-order chi connectivity index (χ1) is 8.20. The number of aryl methyl sites for hydroxylation is 2. The molecule has 0 radical (unpaired) electrons. The molecule has 0 saturated heterocycles. The molecule has 0 spiro atoms. The summed E-state index contributed by atoms with van der Waals surface area (Å²) < 4.78 is 2.00. The fourth-order valence-corrected chi connectivity index (χ4v) is 2.65. The van der Waals surface area contributed by atoms with Gasteiger partial charge in [0, 0.05) is 22.9 Å². The van der Waals surface area contributed by atoms with Gasteiger partial charge in [0.1, 0.15) is 5.75 Å². The van der Waals surface area contributed by atoms with Crippen LogP contribution in [0.4, 0.5) is 0 Å². The lowest BCUT2D eigenvalue weighted by Gasteiger charge is -2.05. The predicted molar refractivity (Wildman–Crippen MR) is 70.3 cm³/mol. The first-order valence-electron chi connectivity index (χ1n) is 5.65. The molecule has 1 aromatic carbocycles. The highest BCUT2D eigenvalue weighted by Crippen LogP contribution is 2.30. The van der Waals surface area contributed by atoms with Gasteiger partial charge in [-0.05, 0) is 32.0 Å². The number of hydrogen-bond acceptors (Lipinski definition) is 3. The van der Waals surface area contributed by atoms with Crippen molar-refractivity contribution >= 4 is 11.8 Å². The standard InChI is InChI=1S/C13H16N2OS/c1-3-15-11(8-10(2)14-15)9-17-13-7-5-4-6-12(13)16/h4-8,16H,3,9H2,1-2H3. The van der Waals surface area contributed by atoms with Crippen molar-refractivity contribution in [3.8, 4) is 5.75 Å². The zero-order chi connectivity index (χ0) is 12.3. The van der Waals surface area contributed by atoms with E-state index < -0.39 is 0 Å². The minimum atomic E-state index is 0.344. The van der Waals surface area contributed by atoms with Gasteiger partial charge < -0.3 is 5.11 Å². The highest BCUT2D eigenvalue weighted by atomic mass is 32.2. The second-order valence-corrected chi connectivity index (χ2v) is 4.87.